The van der Waals surface area contributed by atoms with Gasteiger partial charge in [0.25, 0.3) is 0 Å². The Balaban J connectivity index is 1.70. The summed E-state index contributed by atoms with van der Waals surface area (Å²) in [7, 11) is 3.29. The molecule has 0 saturated carbocycles. The van der Waals surface area contributed by atoms with Crippen LogP contribution in [0.3, 0.4) is 0 Å². The van der Waals surface area contributed by atoms with Crippen molar-refractivity contribution >= 4 is 22.4 Å². The van der Waals surface area contributed by atoms with Crippen molar-refractivity contribution in [1.29, 1.82) is 0 Å². The summed E-state index contributed by atoms with van der Waals surface area (Å²) in [5, 5.41) is 3.90. The fourth-order valence-electron chi connectivity index (χ4n) is 4.17. The Morgan fingerprint density at radius 3 is 2.44 bits per heavy atom. The van der Waals surface area contributed by atoms with Gasteiger partial charge in [0.2, 0.25) is 5.91 Å². The van der Waals surface area contributed by atoms with Crippen molar-refractivity contribution in [3.8, 4) is 22.6 Å². The number of hydrogen-bond donors (Lipinski definition) is 1. The zero-order valence-corrected chi connectivity index (χ0v) is 20.2. The molecule has 0 unspecified atom stereocenters. The molecule has 5 nitrogen and oxygen atoms in total. The van der Waals surface area contributed by atoms with E-state index in [2.05, 4.69) is 5.32 Å². The van der Waals surface area contributed by atoms with Crippen molar-refractivity contribution in [3.05, 3.63) is 89.2 Å². The van der Waals surface area contributed by atoms with Crippen LogP contribution in [0.25, 0.3) is 27.7 Å². The molecule has 1 aromatic heterocycles. The summed E-state index contributed by atoms with van der Waals surface area (Å²) >= 11 is 0. The van der Waals surface area contributed by atoms with Crippen LogP contribution in [0.2, 0.25) is 0 Å². The number of methoxy groups -OCH3 is 2. The molecule has 4 rings (SSSR count). The number of nitrogens with one attached hydrogen (secondary N) is 1. The van der Waals surface area contributed by atoms with Gasteiger partial charge in [-0.1, -0.05) is 48.0 Å². The SMILES string of the molecule is COc1ccccc1-c1coc2c(C)c(OC)c(/C(C)=C/C(=O)NCc3ccc(C)cc3)cc12. The molecule has 174 valence electrons. The molecule has 0 radical (unpaired) electrons. The van der Waals surface area contributed by atoms with Crippen LogP contribution in [0, 0.1) is 13.8 Å². The highest BCUT2D eigenvalue weighted by Crippen LogP contribution is 2.42. The largest absolute Gasteiger partial charge is 0.496 e. The standard InChI is InChI=1S/C29H29NO4/c1-18-10-12-21(13-11-18)16-30-27(31)14-19(2)23-15-24-25(22-8-6-7-9-26(22)32-4)17-34-29(24)20(3)28(23)33-5/h6-15,17H,16H2,1-5H3,(H,30,31)/b19-14+. The van der Waals surface area contributed by atoms with Gasteiger partial charge in [0.05, 0.1) is 20.5 Å². The number of carbonyl (C=O) groups excluding carboxylic acids is 1. The second-order valence-corrected chi connectivity index (χ2v) is 8.34. The highest BCUT2D eigenvalue weighted by molar-refractivity contribution is 6.02. The summed E-state index contributed by atoms with van der Waals surface area (Å²) in [5.74, 6) is 1.30. The molecule has 5 heteroatoms. The maximum Gasteiger partial charge on any atom is 0.244 e. The number of hydrogen-bond acceptors (Lipinski definition) is 4. The Bertz CT molecular complexity index is 1360. The topological polar surface area (TPSA) is 60.7 Å². The molecule has 4 aromatic rings. The van der Waals surface area contributed by atoms with Gasteiger partial charge in [0.1, 0.15) is 17.1 Å². The average Bonchev–Trinajstić information content (AvgIpc) is 3.27. The van der Waals surface area contributed by atoms with Crippen LogP contribution in [0.1, 0.15) is 29.2 Å². The van der Waals surface area contributed by atoms with E-state index in [-0.39, 0.29) is 5.91 Å². The first kappa shape index (κ1) is 23.2. The van der Waals surface area contributed by atoms with Crippen molar-refractivity contribution in [3.63, 3.8) is 0 Å². The molecule has 34 heavy (non-hydrogen) atoms. The lowest BCUT2D eigenvalue weighted by molar-refractivity contribution is -0.116. The maximum absolute atomic E-state index is 12.7. The van der Waals surface area contributed by atoms with Gasteiger partial charge in [-0.05, 0) is 44.0 Å². The zero-order valence-electron chi connectivity index (χ0n) is 20.2. The molecular formula is C29H29NO4. The Morgan fingerprint density at radius 1 is 1.00 bits per heavy atom. The average molecular weight is 456 g/mol. The third kappa shape index (κ3) is 4.55. The van der Waals surface area contributed by atoms with E-state index in [1.54, 1.807) is 26.6 Å². The Morgan fingerprint density at radius 2 is 1.74 bits per heavy atom. The summed E-state index contributed by atoms with van der Waals surface area (Å²) in [6.07, 6.45) is 3.35. The fourth-order valence-corrected chi connectivity index (χ4v) is 4.17. The smallest absolute Gasteiger partial charge is 0.244 e. The minimum absolute atomic E-state index is 0.157. The van der Waals surface area contributed by atoms with E-state index in [0.717, 1.165) is 50.1 Å². The predicted octanol–water partition coefficient (Wildman–Crippen LogP) is 6.45. The Hall–Kier alpha value is -3.99. The Labute approximate surface area is 200 Å². The van der Waals surface area contributed by atoms with Gasteiger partial charge in [-0.3, -0.25) is 4.79 Å². The summed E-state index contributed by atoms with van der Waals surface area (Å²) < 4.78 is 17.2. The van der Waals surface area contributed by atoms with E-state index >= 15 is 0 Å². The molecule has 0 spiro atoms. The molecule has 0 saturated heterocycles. The molecule has 1 N–H and O–H groups in total. The van der Waals surface area contributed by atoms with Gasteiger partial charge in [0, 0.05) is 40.3 Å². The van der Waals surface area contributed by atoms with E-state index < -0.39 is 0 Å². The van der Waals surface area contributed by atoms with Gasteiger partial charge in [-0.25, -0.2) is 0 Å². The van der Waals surface area contributed by atoms with Gasteiger partial charge in [0.15, 0.2) is 0 Å². The minimum Gasteiger partial charge on any atom is -0.496 e. The van der Waals surface area contributed by atoms with Crippen molar-refractivity contribution in [1.82, 2.24) is 5.32 Å². The highest BCUT2D eigenvalue weighted by atomic mass is 16.5. The van der Waals surface area contributed by atoms with Gasteiger partial charge in [-0.15, -0.1) is 0 Å². The zero-order chi connectivity index (χ0) is 24.2. The molecule has 0 aliphatic rings. The van der Waals surface area contributed by atoms with Crippen LogP contribution in [-0.2, 0) is 11.3 Å². The second kappa shape index (κ2) is 9.87. The third-order valence-electron chi connectivity index (χ3n) is 6.00. The third-order valence-corrected chi connectivity index (χ3v) is 6.00. The molecule has 0 aliphatic carbocycles. The lowest BCUT2D eigenvalue weighted by Gasteiger charge is -2.14. The van der Waals surface area contributed by atoms with Crippen LogP contribution >= 0.6 is 0 Å². The number of allylic oxidation sites excluding steroid dienone is 1. The monoisotopic (exact) mass is 455 g/mol. The summed E-state index contributed by atoms with van der Waals surface area (Å²) in [6.45, 7) is 6.39. The van der Waals surface area contributed by atoms with Crippen molar-refractivity contribution in [2.75, 3.05) is 14.2 Å². The van der Waals surface area contributed by atoms with Crippen LogP contribution in [0.5, 0.6) is 11.5 Å². The summed E-state index contributed by atoms with van der Waals surface area (Å²) in [4.78, 5) is 12.7. The van der Waals surface area contributed by atoms with Crippen LogP contribution in [0.4, 0.5) is 0 Å². The molecule has 1 amide bonds. The van der Waals surface area contributed by atoms with E-state index in [1.807, 2.05) is 75.4 Å². The first-order valence-corrected chi connectivity index (χ1v) is 11.2. The van der Waals surface area contributed by atoms with Crippen molar-refractivity contribution < 1.29 is 18.7 Å². The first-order valence-electron chi connectivity index (χ1n) is 11.2. The number of benzene rings is 3. The quantitative estimate of drug-likeness (QED) is 0.325. The van der Waals surface area contributed by atoms with Crippen molar-refractivity contribution in [2.24, 2.45) is 0 Å². The van der Waals surface area contributed by atoms with E-state index in [4.69, 9.17) is 13.9 Å². The number of fused-ring (bicyclic) bond motifs is 1. The van der Waals surface area contributed by atoms with Crippen molar-refractivity contribution in [2.45, 2.75) is 27.3 Å². The number of aryl methyl sites for hydroxylation is 2. The molecule has 3 aromatic carbocycles. The molecule has 1 heterocycles. The lowest BCUT2D eigenvalue weighted by atomic mass is 9.96. The fraction of sp³-hybridized carbons (Fsp3) is 0.207. The van der Waals surface area contributed by atoms with E-state index in [9.17, 15) is 4.79 Å². The molecule has 0 fully saturated rings. The molecule has 0 atom stereocenters. The number of para-hydroxylation sites is 1. The van der Waals surface area contributed by atoms with E-state index in [0.29, 0.717) is 12.3 Å². The Kier molecular flexibility index (Phi) is 6.73. The normalized spacial score (nSPS) is 11.5. The summed E-state index contributed by atoms with van der Waals surface area (Å²) in [5.41, 5.74) is 7.39. The molecular weight excluding hydrogens is 426 g/mol. The van der Waals surface area contributed by atoms with Crippen LogP contribution in [0.15, 0.2) is 71.4 Å². The molecule has 0 bridgehead atoms. The van der Waals surface area contributed by atoms with Crippen LogP contribution in [-0.4, -0.2) is 20.1 Å². The van der Waals surface area contributed by atoms with Gasteiger partial charge in [-0.2, -0.15) is 0 Å². The van der Waals surface area contributed by atoms with Gasteiger partial charge < -0.3 is 19.2 Å². The molecule has 0 aliphatic heterocycles. The van der Waals surface area contributed by atoms with Gasteiger partial charge >= 0.3 is 0 Å². The highest BCUT2D eigenvalue weighted by Gasteiger charge is 2.20. The first-order chi connectivity index (χ1) is 16.4. The van der Waals surface area contributed by atoms with Crippen LogP contribution < -0.4 is 14.8 Å². The lowest BCUT2D eigenvalue weighted by Crippen LogP contribution is -2.20. The number of carbonyl (C=O) groups is 1. The van der Waals surface area contributed by atoms with E-state index in [1.165, 1.54) is 5.56 Å². The number of amides is 1. The number of ether oxygens (including phenoxy) is 2. The predicted molar refractivity (Wildman–Crippen MR) is 136 cm³/mol. The number of rotatable bonds is 7. The minimum atomic E-state index is -0.157. The maximum atomic E-state index is 12.7. The number of furan rings is 1. The summed E-state index contributed by atoms with van der Waals surface area (Å²) in [6, 6.07) is 18.0. The second-order valence-electron chi connectivity index (χ2n) is 8.34.